The molecule has 0 aromatic heterocycles. The molecule has 0 saturated carbocycles. The Hall–Kier alpha value is -3.50. The van der Waals surface area contributed by atoms with Gasteiger partial charge < -0.3 is 4.90 Å². The second-order valence-electron chi connectivity index (χ2n) is 8.93. The van der Waals surface area contributed by atoms with Gasteiger partial charge in [-0.15, -0.1) is 0 Å². The highest BCUT2D eigenvalue weighted by Crippen LogP contribution is 2.60. The molecule has 3 aromatic carbocycles. The van der Waals surface area contributed by atoms with Crippen LogP contribution in [0.2, 0.25) is 5.02 Å². The molecule has 1 saturated heterocycles. The summed E-state index contributed by atoms with van der Waals surface area (Å²) < 4.78 is 0. The number of rotatable bonds is 2. The molecule has 3 atom stereocenters. The Morgan fingerprint density at radius 3 is 2.24 bits per heavy atom. The summed E-state index contributed by atoms with van der Waals surface area (Å²) in [5, 5.41) is 0.501. The maximum Gasteiger partial charge on any atom is 0.180 e. The van der Waals surface area contributed by atoms with Gasteiger partial charge in [0.25, 0.3) is 0 Å². The number of benzene rings is 3. The van der Waals surface area contributed by atoms with E-state index < -0.39 is 23.4 Å². The summed E-state index contributed by atoms with van der Waals surface area (Å²) in [6.45, 7) is 1.54. The van der Waals surface area contributed by atoms with Gasteiger partial charge >= 0.3 is 0 Å². The number of hydrogen-bond acceptors (Lipinski definition) is 4. The van der Waals surface area contributed by atoms with Crippen molar-refractivity contribution in [1.82, 2.24) is 0 Å². The first-order valence-corrected chi connectivity index (χ1v) is 11.3. The monoisotopic (exact) mass is 453 g/mol. The van der Waals surface area contributed by atoms with E-state index in [0.29, 0.717) is 16.1 Å². The standard InChI is InChI=1S/C28H20ClNO3/c1-16(31)25-24(18-8-6-9-19(29)15-18)28(26(32)20-10-3-4-11-21(20)27(28)33)23-14-13-17-7-2-5-12-22(17)30(23)25/h2-15,23-25H,1H3/t23-,24+,25+/m1/s1. The van der Waals surface area contributed by atoms with Crippen LogP contribution in [0.1, 0.15) is 44.7 Å². The van der Waals surface area contributed by atoms with Crippen LogP contribution in [-0.2, 0) is 4.79 Å². The van der Waals surface area contributed by atoms with Crippen molar-refractivity contribution in [3.8, 4) is 0 Å². The summed E-state index contributed by atoms with van der Waals surface area (Å²) in [4.78, 5) is 43.7. The van der Waals surface area contributed by atoms with E-state index in [0.717, 1.165) is 16.8 Å². The molecule has 162 valence electrons. The average Bonchev–Trinajstić information content (AvgIpc) is 3.26. The summed E-state index contributed by atoms with van der Waals surface area (Å²) >= 11 is 6.36. The molecule has 0 radical (unpaired) electrons. The predicted octanol–water partition coefficient (Wildman–Crippen LogP) is 5.36. The van der Waals surface area contributed by atoms with Crippen molar-refractivity contribution >= 4 is 40.7 Å². The molecule has 5 heteroatoms. The zero-order valence-electron chi connectivity index (χ0n) is 17.9. The third-order valence-corrected chi connectivity index (χ3v) is 7.57. The van der Waals surface area contributed by atoms with Crippen LogP contribution in [-0.4, -0.2) is 29.4 Å². The van der Waals surface area contributed by atoms with Crippen molar-refractivity contribution < 1.29 is 14.4 Å². The van der Waals surface area contributed by atoms with Crippen molar-refractivity contribution in [3.05, 3.63) is 106 Å². The molecular weight excluding hydrogens is 434 g/mol. The minimum atomic E-state index is -1.45. The molecular formula is C28H20ClNO3. The normalized spacial score (nSPS) is 24.1. The van der Waals surface area contributed by atoms with E-state index in [1.807, 2.05) is 47.4 Å². The quantitative estimate of drug-likeness (QED) is 0.490. The summed E-state index contributed by atoms with van der Waals surface area (Å²) in [7, 11) is 0. The molecule has 2 aliphatic heterocycles. The highest BCUT2D eigenvalue weighted by molar-refractivity contribution is 6.32. The van der Waals surface area contributed by atoms with Crippen LogP contribution in [0.4, 0.5) is 5.69 Å². The molecule has 2 heterocycles. The number of carbonyl (C=O) groups is 3. The van der Waals surface area contributed by atoms with Gasteiger partial charge in [-0.25, -0.2) is 0 Å². The molecule has 33 heavy (non-hydrogen) atoms. The van der Waals surface area contributed by atoms with Crippen LogP contribution in [0.5, 0.6) is 0 Å². The maximum atomic E-state index is 14.2. The van der Waals surface area contributed by atoms with Crippen LogP contribution in [0, 0.1) is 5.41 Å². The Labute approximate surface area is 196 Å². The molecule has 1 spiro atoms. The third-order valence-electron chi connectivity index (χ3n) is 7.34. The number of hydrogen-bond donors (Lipinski definition) is 0. The zero-order valence-corrected chi connectivity index (χ0v) is 18.6. The Morgan fingerprint density at radius 1 is 0.909 bits per heavy atom. The lowest BCUT2D eigenvalue weighted by Gasteiger charge is -2.37. The van der Waals surface area contributed by atoms with Crippen molar-refractivity contribution in [2.24, 2.45) is 5.41 Å². The molecule has 0 bridgehead atoms. The molecule has 6 rings (SSSR count). The van der Waals surface area contributed by atoms with Crippen LogP contribution >= 0.6 is 11.6 Å². The number of para-hydroxylation sites is 1. The SMILES string of the molecule is CC(=O)[C@H]1[C@H](c2cccc(Cl)c2)C2(C(=O)c3ccccc3C2=O)[C@H]2C=Cc3ccccc3N12. The zero-order chi connectivity index (χ0) is 22.9. The van der Waals surface area contributed by atoms with E-state index in [2.05, 4.69) is 0 Å². The minimum absolute atomic E-state index is 0.0940. The second-order valence-corrected chi connectivity index (χ2v) is 9.37. The molecule has 3 aromatic rings. The minimum Gasteiger partial charge on any atom is -0.352 e. The number of ketones is 3. The largest absolute Gasteiger partial charge is 0.352 e. The van der Waals surface area contributed by atoms with Gasteiger partial charge in [-0.1, -0.05) is 78.4 Å². The van der Waals surface area contributed by atoms with Gasteiger partial charge in [0, 0.05) is 27.8 Å². The van der Waals surface area contributed by atoms with Gasteiger partial charge in [-0.2, -0.15) is 0 Å². The fourth-order valence-electron chi connectivity index (χ4n) is 6.14. The van der Waals surface area contributed by atoms with Gasteiger partial charge in [0.2, 0.25) is 0 Å². The maximum absolute atomic E-state index is 14.2. The van der Waals surface area contributed by atoms with Crippen LogP contribution in [0.25, 0.3) is 6.08 Å². The molecule has 1 fully saturated rings. The van der Waals surface area contributed by atoms with Crippen molar-refractivity contribution in [1.29, 1.82) is 0 Å². The first kappa shape index (κ1) is 20.1. The molecule has 0 amide bonds. The lowest BCUT2D eigenvalue weighted by molar-refractivity contribution is -0.118. The second kappa shape index (κ2) is 7.00. The summed E-state index contributed by atoms with van der Waals surface area (Å²) in [6.07, 6.45) is 3.88. The molecule has 0 N–H and O–H groups in total. The lowest BCUT2D eigenvalue weighted by atomic mass is 9.64. The lowest BCUT2D eigenvalue weighted by Crippen LogP contribution is -2.48. The fourth-order valence-corrected chi connectivity index (χ4v) is 6.34. The Morgan fingerprint density at radius 2 is 1.58 bits per heavy atom. The van der Waals surface area contributed by atoms with Gasteiger partial charge in [0.15, 0.2) is 17.3 Å². The van der Waals surface area contributed by atoms with Gasteiger partial charge in [0.05, 0.1) is 12.1 Å². The van der Waals surface area contributed by atoms with E-state index in [9.17, 15) is 14.4 Å². The summed E-state index contributed by atoms with van der Waals surface area (Å²) in [6, 6.07) is 20.7. The first-order chi connectivity index (χ1) is 16.0. The number of nitrogens with zero attached hydrogens (tertiary/aromatic N) is 1. The summed E-state index contributed by atoms with van der Waals surface area (Å²) in [5.41, 5.74) is 1.92. The Bertz CT molecular complexity index is 1360. The number of anilines is 1. The Balaban J connectivity index is 1.70. The summed E-state index contributed by atoms with van der Waals surface area (Å²) in [5.74, 6) is -1.22. The third kappa shape index (κ3) is 2.50. The van der Waals surface area contributed by atoms with Crippen LogP contribution in [0.3, 0.4) is 0 Å². The molecule has 4 nitrogen and oxygen atoms in total. The van der Waals surface area contributed by atoms with E-state index in [1.165, 1.54) is 6.92 Å². The highest BCUT2D eigenvalue weighted by atomic mass is 35.5. The van der Waals surface area contributed by atoms with E-state index in [-0.39, 0.29) is 17.3 Å². The number of halogens is 1. The number of Topliss-reactive ketones (excluding diaryl/α,β-unsaturated/α-hetero) is 3. The van der Waals surface area contributed by atoms with E-state index in [4.69, 9.17) is 11.6 Å². The van der Waals surface area contributed by atoms with Crippen molar-refractivity contribution in [2.75, 3.05) is 4.90 Å². The molecule has 0 unspecified atom stereocenters. The van der Waals surface area contributed by atoms with E-state index in [1.54, 1.807) is 42.5 Å². The topological polar surface area (TPSA) is 54.5 Å². The fraction of sp³-hybridized carbons (Fsp3) is 0.179. The van der Waals surface area contributed by atoms with Crippen molar-refractivity contribution in [3.63, 3.8) is 0 Å². The van der Waals surface area contributed by atoms with Crippen LogP contribution < -0.4 is 4.90 Å². The smallest absolute Gasteiger partial charge is 0.180 e. The van der Waals surface area contributed by atoms with Gasteiger partial charge in [-0.3, -0.25) is 14.4 Å². The highest BCUT2D eigenvalue weighted by Gasteiger charge is 2.71. The number of carbonyl (C=O) groups excluding carboxylic acids is 3. The molecule has 1 aliphatic carbocycles. The first-order valence-electron chi connectivity index (χ1n) is 11.0. The van der Waals surface area contributed by atoms with Crippen LogP contribution in [0.15, 0.2) is 78.9 Å². The predicted molar refractivity (Wildman–Crippen MR) is 128 cm³/mol. The molecule has 3 aliphatic rings. The number of fused-ring (bicyclic) bond motifs is 5. The van der Waals surface area contributed by atoms with Gasteiger partial charge in [-0.05, 0) is 36.2 Å². The van der Waals surface area contributed by atoms with E-state index >= 15 is 0 Å². The van der Waals surface area contributed by atoms with Gasteiger partial charge in [0.1, 0.15) is 5.41 Å². The van der Waals surface area contributed by atoms with Crippen molar-refractivity contribution in [2.45, 2.75) is 24.9 Å². The Kier molecular flexibility index (Phi) is 4.27. The average molecular weight is 454 g/mol.